The summed E-state index contributed by atoms with van der Waals surface area (Å²) in [5.74, 6) is 0. The standard InChI is InChI=1S/C24H14N4O4/c25-15-19-7-11-21(23(13-19)27(29)30)9-5-17-1-2-18(4-3-17)6-10-22-12-8-20(16-26)14-24(22)28(31)32/h1-14H. The van der Waals surface area contributed by atoms with Gasteiger partial charge in [0, 0.05) is 12.1 Å². The minimum absolute atomic E-state index is 0.149. The Hall–Kier alpha value is -5.08. The molecule has 0 unspecified atom stereocenters. The number of nitrogens with zero attached hydrogens (tertiary/aromatic N) is 4. The second kappa shape index (κ2) is 9.61. The van der Waals surface area contributed by atoms with Crippen LogP contribution in [0.5, 0.6) is 0 Å². The van der Waals surface area contributed by atoms with Crippen LogP contribution >= 0.6 is 0 Å². The number of nitro benzene ring substituents is 2. The summed E-state index contributed by atoms with van der Waals surface area (Å²) >= 11 is 0. The number of benzene rings is 3. The SMILES string of the molecule is N#Cc1ccc(C=Cc2ccc(C=Cc3ccc(C#N)cc3[N+](=O)[O-])cc2)c([N+](=O)[O-])c1. The lowest BCUT2D eigenvalue weighted by atomic mass is 10.1. The average molecular weight is 422 g/mol. The third-order valence-corrected chi connectivity index (χ3v) is 4.56. The number of hydrogen-bond donors (Lipinski definition) is 0. The monoisotopic (exact) mass is 422 g/mol. The molecule has 8 heteroatoms. The molecule has 0 spiro atoms. The van der Waals surface area contributed by atoms with Crippen LogP contribution in [0.4, 0.5) is 11.4 Å². The molecule has 3 rings (SSSR count). The Morgan fingerprint density at radius 2 is 1.00 bits per heavy atom. The molecule has 0 fully saturated rings. The van der Waals surface area contributed by atoms with Crippen LogP contribution in [0, 0.1) is 42.9 Å². The molecule has 0 radical (unpaired) electrons. The van der Waals surface area contributed by atoms with E-state index in [1.54, 1.807) is 48.6 Å². The fourth-order valence-corrected chi connectivity index (χ4v) is 2.91. The number of hydrogen-bond acceptors (Lipinski definition) is 6. The molecule has 0 saturated heterocycles. The first kappa shape index (κ1) is 21.6. The van der Waals surface area contributed by atoms with Crippen molar-refractivity contribution >= 4 is 35.7 Å². The summed E-state index contributed by atoms with van der Waals surface area (Å²) in [6.45, 7) is 0. The molecule has 0 aromatic heterocycles. The van der Waals surface area contributed by atoms with Gasteiger partial charge in [0.25, 0.3) is 11.4 Å². The highest BCUT2D eigenvalue weighted by Crippen LogP contribution is 2.24. The molecule has 0 bridgehead atoms. The van der Waals surface area contributed by atoms with Gasteiger partial charge in [0.1, 0.15) is 0 Å². The molecule has 0 atom stereocenters. The van der Waals surface area contributed by atoms with Crippen LogP contribution in [-0.4, -0.2) is 9.85 Å². The average Bonchev–Trinajstić information content (AvgIpc) is 2.81. The van der Waals surface area contributed by atoms with Gasteiger partial charge in [-0.3, -0.25) is 20.2 Å². The quantitative estimate of drug-likeness (QED) is 0.289. The summed E-state index contributed by atoms with van der Waals surface area (Å²) in [5, 5.41) is 40.3. The van der Waals surface area contributed by atoms with Gasteiger partial charge in [-0.1, -0.05) is 36.4 Å². The summed E-state index contributed by atoms with van der Waals surface area (Å²) in [6, 6.07) is 19.5. The third-order valence-electron chi connectivity index (χ3n) is 4.56. The summed E-state index contributed by atoms with van der Waals surface area (Å²) in [4.78, 5) is 21.4. The Labute approximate surface area is 182 Å². The van der Waals surface area contributed by atoms with Crippen molar-refractivity contribution in [2.24, 2.45) is 0 Å². The van der Waals surface area contributed by atoms with Gasteiger partial charge >= 0.3 is 0 Å². The smallest absolute Gasteiger partial charge is 0.258 e. The molecule has 0 N–H and O–H groups in total. The maximum absolute atomic E-state index is 11.2. The van der Waals surface area contributed by atoms with Crippen molar-refractivity contribution in [2.45, 2.75) is 0 Å². The van der Waals surface area contributed by atoms with E-state index in [-0.39, 0.29) is 22.5 Å². The molecule has 0 aliphatic heterocycles. The van der Waals surface area contributed by atoms with E-state index in [0.717, 1.165) is 11.1 Å². The highest BCUT2D eigenvalue weighted by molar-refractivity contribution is 5.77. The Bertz CT molecular complexity index is 1240. The Morgan fingerprint density at radius 1 is 0.625 bits per heavy atom. The van der Waals surface area contributed by atoms with Crippen molar-refractivity contribution in [3.63, 3.8) is 0 Å². The molecule has 0 heterocycles. The lowest BCUT2D eigenvalue weighted by Gasteiger charge is -2.00. The second-order valence-corrected chi connectivity index (χ2v) is 6.62. The Kier molecular flexibility index (Phi) is 6.50. The van der Waals surface area contributed by atoms with E-state index in [9.17, 15) is 20.2 Å². The second-order valence-electron chi connectivity index (χ2n) is 6.62. The largest absolute Gasteiger partial charge is 0.277 e. The van der Waals surface area contributed by atoms with Crippen LogP contribution in [0.15, 0.2) is 60.7 Å². The summed E-state index contributed by atoms with van der Waals surface area (Å²) in [5.41, 5.74) is 2.49. The van der Waals surface area contributed by atoms with E-state index in [4.69, 9.17) is 10.5 Å². The minimum Gasteiger partial charge on any atom is -0.258 e. The van der Waals surface area contributed by atoms with Crippen molar-refractivity contribution in [2.75, 3.05) is 0 Å². The van der Waals surface area contributed by atoms with E-state index in [2.05, 4.69) is 0 Å². The van der Waals surface area contributed by atoms with Gasteiger partial charge in [-0.05, 0) is 47.5 Å². The van der Waals surface area contributed by atoms with Gasteiger partial charge in [-0.25, -0.2) is 0 Å². The van der Waals surface area contributed by atoms with Crippen LogP contribution < -0.4 is 0 Å². The molecule has 154 valence electrons. The van der Waals surface area contributed by atoms with E-state index >= 15 is 0 Å². The van der Waals surface area contributed by atoms with Crippen molar-refractivity contribution in [3.05, 3.63) is 114 Å². The van der Waals surface area contributed by atoms with Crippen molar-refractivity contribution < 1.29 is 9.85 Å². The minimum atomic E-state index is -0.531. The zero-order valence-corrected chi connectivity index (χ0v) is 16.5. The molecule has 0 saturated carbocycles. The van der Waals surface area contributed by atoms with Crippen molar-refractivity contribution in [1.82, 2.24) is 0 Å². The summed E-state index contributed by atoms with van der Waals surface area (Å²) in [6.07, 6.45) is 6.63. The molecule has 8 nitrogen and oxygen atoms in total. The topological polar surface area (TPSA) is 134 Å². The van der Waals surface area contributed by atoms with Gasteiger partial charge < -0.3 is 0 Å². The first-order valence-electron chi connectivity index (χ1n) is 9.24. The van der Waals surface area contributed by atoms with E-state index < -0.39 is 9.85 Å². The third kappa shape index (κ3) is 5.09. The molecule has 3 aromatic carbocycles. The maximum atomic E-state index is 11.2. The van der Waals surface area contributed by atoms with Gasteiger partial charge in [-0.2, -0.15) is 10.5 Å². The predicted octanol–water partition coefficient (Wildman–Crippen LogP) is 5.59. The van der Waals surface area contributed by atoms with Gasteiger partial charge in [0.2, 0.25) is 0 Å². The van der Waals surface area contributed by atoms with Crippen LogP contribution in [-0.2, 0) is 0 Å². The molecule has 0 aliphatic rings. The van der Waals surface area contributed by atoms with Crippen molar-refractivity contribution in [3.8, 4) is 12.1 Å². The van der Waals surface area contributed by atoms with E-state index in [1.165, 1.54) is 36.4 Å². The summed E-state index contributed by atoms with van der Waals surface area (Å²) < 4.78 is 0. The molecule has 32 heavy (non-hydrogen) atoms. The Balaban J connectivity index is 1.80. The fourth-order valence-electron chi connectivity index (χ4n) is 2.91. The van der Waals surface area contributed by atoms with Gasteiger partial charge in [0.05, 0.1) is 44.2 Å². The Morgan fingerprint density at radius 3 is 1.31 bits per heavy atom. The van der Waals surface area contributed by atoms with Crippen molar-refractivity contribution in [1.29, 1.82) is 10.5 Å². The van der Waals surface area contributed by atoms with Crippen LogP contribution in [0.3, 0.4) is 0 Å². The van der Waals surface area contributed by atoms with E-state index in [1.807, 2.05) is 12.1 Å². The van der Waals surface area contributed by atoms with E-state index in [0.29, 0.717) is 11.1 Å². The number of nitro groups is 2. The zero-order valence-electron chi connectivity index (χ0n) is 16.5. The van der Waals surface area contributed by atoms with Gasteiger partial charge in [0.15, 0.2) is 0 Å². The molecular formula is C24H14N4O4. The molecule has 0 amide bonds. The highest BCUT2D eigenvalue weighted by Gasteiger charge is 2.13. The molecule has 0 aliphatic carbocycles. The lowest BCUT2D eigenvalue weighted by Crippen LogP contribution is -1.92. The van der Waals surface area contributed by atoms with Crippen LogP contribution in [0.2, 0.25) is 0 Å². The molecular weight excluding hydrogens is 408 g/mol. The lowest BCUT2D eigenvalue weighted by molar-refractivity contribution is -0.385. The number of nitriles is 2. The summed E-state index contributed by atoms with van der Waals surface area (Å²) in [7, 11) is 0. The first-order chi connectivity index (χ1) is 15.4. The first-order valence-corrected chi connectivity index (χ1v) is 9.24. The van der Waals surface area contributed by atoms with Crippen LogP contribution in [0.1, 0.15) is 33.4 Å². The molecule has 3 aromatic rings. The van der Waals surface area contributed by atoms with Gasteiger partial charge in [-0.15, -0.1) is 0 Å². The zero-order chi connectivity index (χ0) is 23.1. The van der Waals surface area contributed by atoms with Crippen LogP contribution in [0.25, 0.3) is 24.3 Å². The fraction of sp³-hybridized carbons (Fsp3) is 0. The normalized spacial score (nSPS) is 10.7. The number of rotatable bonds is 6. The maximum Gasteiger partial charge on any atom is 0.277 e. The highest BCUT2D eigenvalue weighted by atomic mass is 16.6. The predicted molar refractivity (Wildman–Crippen MR) is 120 cm³/mol.